The topological polar surface area (TPSA) is 26.0 Å². The third-order valence-electron chi connectivity index (χ3n) is 2.06. The molecular formula is C9H13NS. The zero-order valence-electron chi connectivity index (χ0n) is 7.10. The Bertz CT molecular complexity index is 266. The minimum atomic E-state index is 0.802. The number of rotatable bonds is 0. The van der Waals surface area contributed by atoms with Gasteiger partial charge < -0.3 is 5.73 Å². The van der Waals surface area contributed by atoms with Crippen LogP contribution in [0.2, 0.25) is 0 Å². The monoisotopic (exact) mass is 167 g/mol. The molecule has 0 fully saturated rings. The lowest BCUT2D eigenvalue weighted by atomic mass is 10.1. The summed E-state index contributed by atoms with van der Waals surface area (Å²) in [7, 11) is 0. The molecule has 2 heteroatoms. The van der Waals surface area contributed by atoms with E-state index in [1.807, 2.05) is 13.8 Å². The molecule has 0 bridgehead atoms. The standard InChI is InChI=1S/C9H13NS/c1-5-4-6(2)8(10)9(11)7(5)3/h4,11H,10H2,1-3H3. The van der Waals surface area contributed by atoms with Crippen LogP contribution in [0.15, 0.2) is 11.0 Å². The summed E-state index contributed by atoms with van der Waals surface area (Å²) in [6.07, 6.45) is 0. The van der Waals surface area contributed by atoms with Crippen molar-refractivity contribution in [3.63, 3.8) is 0 Å². The van der Waals surface area contributed by atoms with Crippen LogP contribution in [-0.4, -0.2) is 0 Å². The quantitative estimate of drug-likeness (QED) is 0.450. The lowest BCUT2D eigenvalue weighted by Gasteiger charge is -2.09. The molecule has 0 aromatic heterocycles. The molecule has 0 aliphatic carbocycles. The summed E-state index contributed by atoms with van der Waals surface area (Å²) < 4.78 is 0. The smallest absolute Gasteiger partial charge is 0.0482 e. The number of thiol groups is 1. The van der Waals surface area contributed by atoms with Gasteiger partial charge in [0.15, 0.2) is 0 Å². The number of hydrogen-bond acceptors (Lipinski definition) is 2. The lowest BCUT2D eigenvalue weighted by Crippen LogP contribution is -1.95. The van der Waals surface area contributed by atoms with Crippen molar-refractivity contribution in [2.45, 2.75) is 25.7 Å². The molecule has 0 unspecified atom stereocenters. The highest BCUT2D eigenvalue weighted by atomic mass is 32.1. The molecule has 0 saturated heterocycles. The number of nitrogens with two attached hydrogens (primary N) is 1. The Kier molecular flexibility index (Phi) is 2.14. The van der Waals surface area contributed by atoms with Gasteiger partial charge >= 0.3 is 0 Å². The van der Waals surface area contributed by atoms with Crippen LogP contribution in [0.4, 0.5) is 5.69 Å². The highest BCUT2D eigenvalue weighted by Gasteiger charge is 2.04. The molecular weight excluding hydrogens is 154 g/mol. The van der Waals surface area contributed by atoms with E-state index in [4.69, 9.17) is 5.73 Å². The van der Waals surface area contributed by atoms with E-state index in [1.54, 1.807) is 0 Å². The molecule has 1 aromatic rings. The van der Waals surface area contributed by atoms with Crippen molar-refractivity contribution in [1.82, 2.24) is 0 Å². The number of aryl methyl sites for hydroxylation is 2. The van der Waals surface area contributed by atoms with Gasteiger partial charge in [0, 0.05) is 10.6 Å². The zero-order valence-corrected chi connectivity index (χ0v) is 8.00. The molecule has 1 aromatic carbocycles. The summed E-state index contributed by atoms with van der Waals surface area (Å²) in [5, 5.41) is 0. The first kappa shape index (κ1) is 8.47. The third kappa shape index (κ3) is 1.36. The van der Waals surface area contributed by atoms with Crippen LogP contribution >= 0.6 is 12.6 Å². The Balaban J connectivity index is 3.46. The average molecular weight is 167 g/mol. The third-order valence-corrected chi connectivity index (χ3v) is 2.64. The van der Waals surface area contributed by atoms with E-state index in [2.05, 4.69) is 25.6 Å². The van der Waals surface area contributed by atoms with Gasteiger partial charge in [0.2, 0.25) is 0 Å². The van der Waals surface area contributed by atoms with Crippen LogP contribution in [0.1, 0.15) is 16.7 Å². The second kappa shape index (κ2) is 2.78. The number of nitrogen functional groups attached to an aromatic ring is 1. The summed E-state index contributed by atoms with van der Waals surface area (Å²) in [6, 6.07) is 2.09. The number of anilines is 1. The van der Waals surface area contributed by atoms with E-state index in [0.29, 0.717) is 0 Å². The molecule has 0 atom stereocenters. The number of hydrogen-bond donors (Lipinski definition) is 2. The molecule has 2 N–H and O–H groups in total. The van der Waals surface area contributed by atoms with Crippen molar-refractivity contribution < 1.29 is 0 Å². The summed E-state index contributed by atoms with van der Waals surface area (Å²) >= 11 is 4.33. The van der Waals surface area contributed by atoms with Gasteiger partial charge in [-0.3, -0.25) is 0 Å². The van der Waals surface area contributed by atoms with E-state index in [0.717, 1.165) is 16.1 Å². The molecule has 1 rings (SSSR count). The van der Waals surface area contributed by atoms with Crippen molar-refractivity contribution >= 4 is 18.3 Å². The maximum absolute atomic E-state index is 5.78. The predicted octanol–water partition coefficient (Wildman–Crippen LogP) is 2.48. The van der Waals surface area contributed by atoms with Gasteiger partial charge in [-0.05, 0) is 37.5 Å². The Morgan fingerprint density at radius 3 is 2.27 bits per heavy atom. The first-order valence-corrected chi connectivity index (χ1v) is 4.04. The normalized spacial score (nSPS) is 10.2. The average Bonchev–Trinajstić information content (AvgIpc) is 1.97. The minimum Gasteiger partial charge on any atom is -0.398 e. The summed E-state index contributed by atoms with van der Waals surface area (Å²) in [4.78, 5) is 0.919. The van der Waals surface area contributed by atoms with E-state index in [-0.39, 0.29) is 0 Å². The second-order valence-corrected chi connectivity index (χ2v) is 3.34. The highest BCUT2D eigenvalue weighted by Crippen LogP contribution is 2.26. The summed E-state index contributed by atoms with van der Waals surface area (Å²) in [6.45, 7) is 6.11. The predicted molar refractivity (Wildman–Crippen MR) is 52.3 cm³/mol. The van der Waals surface area contributed by atoms with Crippen molar-refractivity contribution in [3.05, 3.63) is 22.8 Å². The summed E-state index contributed by atoms with van der Waals surface area (Å²) in [5.41, 5.74) is 10.1. The molecule has 0 amide bonds. The van der Waals surface area contributed by atoms with E-state index in [9.17, 15) is 0 Å². The fourth-order valence-corrected chi connectivity index (χ4v) is 1.44. The van der Waals surface area contributed by atoms with E-state index < -0.39 is 0 Å². The lowest BCUT2D eigenvalue weighted by molar-refractivity contribution is 1.21. The molecule has 1 nitrogen and oxygen atoms in total. The Labute approximate surface area is 73.0 Å². The zero-order chi connectivity index (χ0) is 8.59. The second-order valence-electron chi connectivity index (χ2n) is 2.90. The van der Waals surface area contributed by atoms with Crippen LogP contribution in [0.3, 0.4) is 0 Å². The van der Waals surface area contributed by atoms with Crippen LogP contribution in [0, 0.1) is 20.8 Å². The Morgan fingerprint density at radius 2 is 1.73 bits per heavy atom. The molecule has 11 heavy (non-hydrogen) atoms. The van der Waals surface area contributed by atoms with E-state index in [1.165, 1.54) is 11.1 Å². The first-order chi connectivity index (χ1) is 5.04. The molecule has 0 spiro atoms. The largest absolute Gasteiger partial charge is 0.398 e. The maximum atomic E-state index is 5.78. The van der Waals surface area contributed by atoms with Crippen molar-refractivity contribution in [3.8, 4) is 0 Å². The number of benzene rings is 1. The molecule has 0 heterocycles. The Morgan fingerprint density at radius 1 is 1.18 bits per heavy atom. The van der Waals surface area contributed by atoms with Crippen molar-refractivity contribution in [2.75, 3.05) is 5.73 Å². The molecule has 0 aliphatic heterocycles. The van der Waals surface area contributed by atoms with Gasteiger partial charge in [0.25, 0.3) is 0 Å². The van der Waals surface area contributed by atoms with Gasteiger partial charge in [0.05, 0.1) is 0 Å². The molecule has 0 aliphatic rings. The van der Waals surface area contributed by atoms with Gasteiger partial charge in [-0.2, -0.15) is 0 Å². The van der Waals surface area contributed by atoms with Crippen LogP contribution in [0.25, 0.3) is 0 Å². The van der Waals surface area contributed by atoms with Crippen LogP contribution in [0.5, 0.6) is 0 Å². The molecule has 60 valence electrons. The highest BCUT2D eigenvalue weighted by molar-refractivity contribution is 7.80. The molecule has 0 radical (unpaired) electrons. The minimum absolute atomic E-state index is 0.802. The fraction of sp³-hybridized carbons (Fsp3) is 0.333. The fourth-order valence-electron chi connectivity index (χ4n) is 1.09. The maximum Gasteiger partial charge on any atom is 0.0482 e. The molecule has 0 saturated carbocycles. The summed E-state index contributed by atoms with van der Waals surface area (Å²) in [5.74, 6) is 0. The Hall–Kier alpha value is -0.630. The van der Waals surface area contributed by atoms with Crippen molar-refractivity contribution in [2.24, 2.45) is 0 Å². The van der Waals surface area contributed by atoms with Gasteiger partial charge in [-0.1, -0.05) is 6.07 Å². The van der Waals surface area contributed by atoms with Gasteiger partial charge in [0.1, 0.15) is 0 Å². The SMILES string of the molecule is Cc1cc(C)c(N)c(S)c1C. The first-order valence-electron chi connectivity index (χ1n) is 3.59. The van der Waals surface area contributed by atoms with Crippen LogP contribution in [-0.2, 0) is 0 Å². The van der Waals surface area contributed by atoms with Crippen molar-refractivity contribution in [1.29, 1.82) is 0 Å². The van der Waals surface area contributed by atoms with Gasteiger partial charge in [-0.25, -0.2) is 0 Å². The van der Waals surface area contributed by atoms with E-state index >= 15 is 0 Å². The van der Waals surface area contributed by atoms with Gasteiger partial charge in [-0.15, -0.1) is 12.6 Å². The van der Waals surface area contributed by atoms with Crippen LogP contribution < -0.4 is 5.73 Å².